The lowest BCUT2D eigenvalue weighted by Gasteiger charge is -2.52. The number of benzene rings is 3. The third kappa shape index (κ3) is 4.44. The molecule has 32 heavy (non-hydrogen) atoms. The van der Waals surface area contributed by atoms with Crippen molar-refractivity contribution in [2.24, 2.45) is 0 Å². The zero-order valence-electron chi connectivity index (χ0n) is 19.1. The Hall–Kier alpha value is -2.28. The second-order valence-electron chi connectivity index (χ2n) is 9.35. The molecule has 3 aromatic rings. The lowest BCUT2D eigenvalue weighted by atomic mass is 10.1. The van der Waals surface area contributed by atoms with Gasteiger partial charge in [-0.15, -0.1) is 0 Å². The van der Waals surface area contributed by atoms with Gasteiger partial charge in [0.2, 0.25) is 0 Å². The first-order valence-electron chi connectivity index (χ1n) is 11.0. The summed E-state index contributed by atoms with van der Waals surface area (Å²) in [7, 11) is -3.06. The van der Waals surface area contributed by atoms with Crippen molar-refractivity contribution in [3.8, 4) is 0 Å². The van der Waals surface area contributed by atoms with E-state index in [-0.39, 0.29) is 11.6 Å². The SMILES string of the molecule is CC(C)(C)[Si](c1ccccc1)(c1ccccc1)C(O)C(CO)(CO)OCc1ccccc1. The van der Waals surface area contributed by atoms with Crippen LogP contribution in [0.25, 0.3) is 0 Å². The first-order chi connectivity index (χ1) is 15.3. The number of aliphatic hydroxyl groups excluding tert-OH is 3. The molecule has 0 spiro atoms. The molecule has 0 aliphatic rings. The van der Waals surface area contributed by atoms with E-state index in [1.165, 1.54) is 0 Å². The normalized spacial score (nSPS) is 13.7. The molecule has 1 unspecified atom stereocenters. The average molecular weight is 451 g/mol. The van der Waals surface area contributed by atoms with Crippen molar-refractivity contribution in [3.05, 3.63) is 96.6 Å². The fraction of sp³-hybridized carbons (Fsp3) is 0.333. The van der Waals surface area contributed by atoms with Gasteiger partial charge in [-0.25, -0.2) is 0 Å². The highest BCUT2D eigenvalue weighted by Gasteiger charge is 2.60. The Kier molecular flexibility index (Phi) is 7.70. The lowest BCUT2D eigenvalue weighted by molar-refractivity contribution is -0.156. The first-order valence-corrected chi connectivity index (χ1v) is 13.1. The summed E-state index contributed by atoms with van der Waals surface area (Å²) in [6.45, 7) is 5.55. The van der Waals surface area contributed by atoms with Crippen molar-refractivity contribution in [3.63, 3.8) is 0 Å². The van der Waals surface area contributed by atoms with Crippen LogP contribution in [0.1, 0.15) is 26.3 Å². The van der Waals surface area contributed by atoms with Crippen LogP contribution in [-0.2, 0) is 11.3 Å². The molecule has 3 rings (SSSR count). The van der Waals surface area contributed by atoms with Crippen molar-refractivity contribution in [1.82, 2.24) is 0 Å². The third-order valence-electron chi connectivity index (χ3n) is 6.45. The van der Waals surface area contributed by atoms with Crippen molar-refractivity contribution in [1.29, 1.82) is 0 Å². The van der Waals surface area contributed by atoms with Crippen molar-refractivity contribution in [2.75, 3.05) is 13.2 Å². The maximum Gasteiger partial charge on any atom is 0.157 e. The van der Waals surface area contributed by atoms with Gasteiger partial charge in [0.1, 0.15) is 5.60 Å². The molecule has 3 aromatic carbocycles. The molecule has 5 heteroatoms. The Morgan fingerprint density at radius 1 is 0.719 bits per heavy atom. The van der Waals surface area contributed by atoms with Crippen LogP contribution >= 0.6 is 0 Å². The van der Waals surface area contributed by atoms with E-state index in [0.29, 0.717) is 0 Å². The summed E-state index contributed by atoms with van der Waals surface area (Å²) in [5.74, 6) is 0. The number of rotatable bonds is 9. The molecule has 1 atom stereocenters. The van der Waals surface area contributed by atoms with Gasteiger partial charge in [0.15, 0.2) is 8.07 Å². The number of aliphatic hydroxyl groups is 3. The maximum absolute atomic E-state index is 12.2. The Bertz CT molecular complexity index is 912. The van der Waals surface area contributed by atoms with E-state index in [9.17, 15) is 15.3 Å². The molecule has 0 heterocycles. The number of ether oxygens (including phenoxy) is 1. The summed E-state index contributed by atoms with van der Waals surface area (Å²) in [4.78, 5) is 0. The van der Waals surface area contributed by atoms with E-state index in [1.54, 1.807) is 0 Å². The Morgan fingerprint density at radius 2 is 1.12 bits per heavy atom. The van der Waals surface area contributed by atoms with E-state index < -0.39 is 32.6 Å². The zero-order chi connectivity index (χ0) is 23.2. The van der Waals surface area contributed by atoms with Crippen LogP contribution in [0.3, 0.4) is 0 Å². The minimum absolute atomic E-state index is 0.178. The summed E-state index contributed by atoms with van der Waals surface area (Å²) < 4.78 is 6.20. The Balaban J connectivity index is 2.20. The molecule has 0 saturated carbocycles. The molecule has 0 fully saturated rings. The molecule has 0 bridgehead atoms. The summed E-state index contributed by atoms with van der Waals surface area (Å²) >= 11 is 0. The molecule has 0 radical (unpaired) electrons. The minimum atomic E-state index is -3.06. The highest BCUT2D eigenvalue weighted by Crippen LogP contribution is 2.41. The van der Waals surface area contributed by atoms with Gasteiger partial charge in [-0.3, -0.25) is 0 Å². The monoisotopic (exact) mass is 450 g/mol. The summed E-state index contributed by atoms with van der Waals surface area (Å²) in [6, 6.07) is 29.6. The van der Waals surface area contributed by atoms with Gasteiger partial charge < -0.3 is 20.1 Å². The van der Waals surface area contributed by atoms with Crippen LogP contribution in [0, 0.1) is 0 Å². The second-order valence-corrected chi connectivity index (χ2v) is 14.2. The molecular formula is C27H34O4Si. The summed E-state index contributed by atoms with van der Waals surface area (Å²) in [5.41, 5.74) is -1.73. The fourth-order valence-electron chi connectivity index (χ4n) is 4.75. The predicted molar refractivity (Wildman–Crippen MR) is 132 cm³/mol. The Morgan fingerprint density at radius 3 is 1.50 bits per heavy atom. The van der Waals surface area contributed by atoms with Crippen LogP contribution < -0.4 is 10.4 Å². The van der Waals surface area contributed by atoms with E-state index in [4.69, 9.17) is 4.74 Å². The topological polar surface area (TPSA) is 69.9 Å². The number of hydrogen-bond donors (Lipinski definition) is 3. The third-order valence-corrected chi connectivity index (χ3v) is 12.7. The fourth-order valence-corrected chi connectivity index (χ4v) is 10.8. The molecule has 0 aliphatic heterocycles. The molecule has 3 N–H and O–H groups in total. The van der Waals surface area contributed by atoms with Crippen LogP contribution in [0.4, 0.5) is 0 Å². The first kappa shape index (κ1) is 24.4. The van der Waals surface area contributed by atoms with E-state index in [0.717, 1.165) is 15.9 Å². The van der Waals surface area contributed by atoms with Gasteiger partial charge in [-0.2, -0.15) is 0 Å². The van der Waals surface area contributed by atoms with Crippen LogP contribution in [0.5, 0.6) is 0 Å². The Labute approximate surface area is 192 Å². The molecule has 4 nitrogen and oxygen atoms in total. The number of hydrogen-bond acceptors (Lipinski definition) is 4. The smallest absolute Gasteiger partial charge is 0.157 e. The van der Waals surface area contributed by atoms with Gasteiger partial charge >= 0.3 is 0 Å². The van der Waals surface area contributed by atoms with Gasteiger partial charge in [0.25, 0.3) is 0 Å². The minimum Gasteiger partial charge on any atom is -0.393 e. The standard InChI is InChI=1S/C27H34O4Si/c1-26(2,3)32(23-15-9-5-10-16-23,24-17-11-6-12-18-24)25(30)27(20-28,21-29)31-19-22-13-7-4-8-14-22/h4-18,25,28-30H,19-21H2,1-3H3. The van der Waals surface area contributed by atoms with E-state index >= 15 is 0 Å². The molecular weight excluding hydrogens is 416 g/mol. The lowest BCUT2D eigenvalue weighted by Crippen LogP contribution is -2.78. The molecule has 0 aliphatic carbocycles. The van der Waals surface area contributed by atoms with E-state index in [2.05, 4.69) is 20.8 Å². The highest BCUT2D eigenvalue weighted by molar-refractivity contribution is 7.05. The van der Waals surface area contributed by atoms with E-state index in [1.807, 2.05) is 91.0 Å². The summed E-state index contributed by atoms with van der Waals surface area (Å²) in [6.07, 6.45) is 0. The molecule has 170 valence electrons. The zero-order valence-corrected chi connectivity index (χ0v) is 20.1. The second kappa shape index (κ2) is 10.1. The van der Waals surface area contributed by atoms with Crippen molar-refractivity contribution < 1.29 is 20.1 Å². The van der Waals surface area contributed by atoms with Crippen LogP contribution in [-0.4, -0.2) is 47.9 Å². The predicted octanol–water partition coefficient (Wildman–Crippen LogP) is 2.89. The average Bonchev–Trinajstić information content (AvgIpc) is 2.82. The van der Waals surface area contributed by atoms with Gasteiger partial charge in [-0.1, -0.05) is 122 Å². The molecule has 0 saturated heterocycles. The van der Waals surface area contributed by atoms with Gasteiger partial charge in [-0.05, 0) is 10.6 Å². The maximum atomic E-state index is 12.2. The van der Waals surface area contributed by atoms with Crippen molar-refractivity contribution >= 4 is 18.4 Å². The van der Waals surface area contributed by atoms with Gasteiger partial charge in [0.05, 0.1) is 25.5 Å². The quantitative estimate of drug-likeness (QED) is 0.439. The highest BCUT2D eigenvalue weighted by atomic mass is 28.3. The van der Waals surface area contributed by atoms with Crippen molar-refractivity contribution in [2.45, 2.75) is 43.7 Å². The summed E-state index contributed by atoms with van der Waals surface area (Å²) in [5, 5.41) is 35.0. The van der Waals surface area contributed by atoms with Crippen LogP contribution in [0.2, 0.25) is 5.04 Å². The van der Waals surface area contributed by atoms with Crippen LogP contribution in [0.15, 0.2) is 91.0 Å². The molecule has 0 amide bonds. The largest absolute Gasteiger partial charge is 0.393 e. The van der Waals surface area contributed by atoms with Gasteiger partial charge in [0, 0.05) is 0 Å². The molecule has 0 aromatic heterocycles.